The van der Waals surface area contributed by atoms with E-state index in [4.69, 9.17) is 21.7 Å². The zero-order valence-electron chi connectivity index (χ0n) is 23.7. The molecule has 0 bridgehead atoms. The van der Waals surface area contributed by atoms with Crippen molar-refractivity contribution in [3.05, 3.63) is 83.3 Å². The van der Waals surface area contributed by atoms with Crippen LogP contribution in [0.4, 0.5) is 11.4 Å². The van der Waals surface area contributed by atoms with Crippen molar-refractivity contribution in [2.24, 2.45) is 0 Å². The van der Waals surface area contributed by atoms with Crippen molar-refractivity contribution in [2.45, 2.75) is 13.3 Å². The molecule has 3 aromatic carbocycles. The van der Waals surface area contributed by atoms with Gasteiger partial charge in [0.25, 0.3) is 5.91 Å². The lowest BCUT2D eigenvalue weighted by Crippen LogP contribution is -2.44. The second kappa shape index (κ2) is 14.0. The van der Waals surface area contributed by atoms with Gasteiger partial charge in [-0.15, -0.1) is 0 Å². The first kappa shape index (κ1) is 29.8. The number of thiocarbonyl (C=S) groups is 1. The van der Waals surface area contributed by atoms with Crippen LogP contribution in [0.3, 0.4) is 0 Å². The minimum atomic E-state index is -0.148. The molecule has 0 spiro atoms. The van der Waals surface area contributed by atoms with E-state index in [0.29, 0.717) is 33.0 Å². The molecule has 2 saturated heterocycles. The third kappa shape index (κ3) is 7.98. The number of nitrogens with one attached hydrogen (secondary N) is 1. The average Bonchev–Trinajstić information content (AvgIpc) is 3.26. The van der Waals surface area contributed by atoms with Gasteiger partial charge in [-0.3, -0.25) is 14.5 Å². The van der Waals surface area contributed by atoms with Gasteiger partial charge in [-0.1, -0.05) is 36.1 Å². The lowest BCUT2D eigenvalue weighted by molar-refractivity contribution is -0.114. The van der Waals surface area contributed by atoms with Crippen LogP contribution in [-0.4, -0.2) is 72.3 Å². The number of piperazine rings is 1. The van der Waals surface area contributed by atoms with Crippen LogP contribution in [0.5, 0.6) is 17.2 Å². The number of anilines is 2. The lowest BCUT2D eigenvalue weighted by atomic mass is 10.2. The summed E-state index contributed by atoms with van der Waals surface area (Å²) in [4.78, 5) is 31.4. The predicted molar refractivity (Wildman–Crippen MR) is 173 cm³/mol. The molecule has 10 heteroatoms. The Balaban J connectivity index is 1.13. The maximum atomic E-state index is 13.2. The number of benzene rings is 3. The van der Waals surface area contributed by atoms with E-state index in [1.807, 2.05) is 54.6 Å². The van der Waals surface area contributed by atoms with E-state index in [1.54, 1.807) is 29.2 Å². The van der Waals surface area contributed by atoms with E-state index in [9.17, 15) is 9.59 Å². The van der Waals surface area contributed by atoms with Gasteiger partial charge in [-0.2, -0.15) is 0 Å². The molecule has 0 atom stereocenters. The second-order valence-corrected chi connectivity index (χ2v) is 11.9. The molecule has 2 heterocycles. The van der Waals surface area contributed by atoms with Gasteiger partial charge in [0.05, 0.1) is 17.2 Å². The molecule has 8 nitrogen and oxygen atoms in total. The maximum Gasteiger partial charge on any atom is 0.270 e. The van der Waals surface area contributed by atoms with E-state index in [0.717, 1.165) is 56.1 Å². The fourth-order valence-corrected chi connectivity index (χ4v) is 5.96. The summed E-state index contributed by atoms with van der Waals surface area (Å²) in [5.41, 5.74) is 2.29. The van der Waals surface area contributed by atoms with Gasteiger partial charge in [0.15, 0.2) is 4.32 Å². The number of amides is 2. The van der Waals surface area contributed by atoms with Crippen molar-refractivity contribution < 1.29 is 19.1 Å². The van der Waals surface area contributed by atoms with Crippen molar-refractivity contribution in [2.75, 3.05) is 56.6 Å². The summed E-state index contributed by atoms with van der Waals surface area (Å²) in [5.74, 6) is 1.82. The first-order chi connectivity index (χ1) is 20.3. The molecule has 0 unspecified atom stereocenters. The highest BCUT2D eigenvalue weighted by atomic mass is 32.2. The minimum Gasteiger partial charge on any atom is -0.494 e. The smallest absolute Gasteiger partial charge is 0.270 e. The van der Waals surface area contributed by atoms with E-state index >= 15 is 0 Å². The fraction of sp³-hybridized carbons (Fsp3) is 0.281. The zero-order chi connectivity index (χ0) is 29.5. The molecule has 0 saturated carbocycles. The van der Waals surface area contributed by atoms with E-state index < -0.39 is 0 Å². The van der Waals surface area contributed by atoms with E-state index in [2.05, 4.69) is 22.2 Å². The Morgan fingerprint density at radius 2 is 1.55 bits per heavy atom. The number of carbonyl (C=O) groups excluding carboxylic acids is 2. The number of ether oxygens (including phenoxy) is 2. The molecule has 0 radical (unpaired) electrons. The quantitative estimate of drug-likeness (QED) is 0.176. The molecular formula is C32H34N4O4S2. The Bertz CT molecular complexity index is 1430. The summed E-state index contributed by atoms with van der Waals surface area (Å²) < 4.78 is 12.3. The third-order valence-corrected chi connectivity index (χ3v) is 8.26. The lowest BCUT2D eigenvalue weighted by Gasteiger charge is -2.32. The first-order valence-corrected chi connectivity index (χ1v) is 15.1. The van der Waals surface area contributed by atoms with Crippen LogP contribution in [0, 0.1) is 0 Å². The predicted octanol–water partition coefficient (Wildman–Crippen LogP) is 5.86. The SMILES string of the molecule is CC(=O)Nc1ccc(Oc2ccc(/C=C3\SC(=S)N(c4ccc(OCCCN5CCN(C)CC5)cc4)C3=O)cc2)cc1. The van der Waals surface area contributed by atoms with Crippen molar-refractivity contribution in [1.29, 1.82) is 0 Å². The molecule has 2 aliphatic rings. The molecule has 218 valence electrons. The highest BCUT2D eigenvalue weighted by Gasteiger charge is 2.33. The molecule has 3 aromatic rings. The highest BCUT2D eigenvalue weighted by Crippen LogP contribution is 2.37. The third-order valence-electron chi connectivity index (χ3n) is 6.96. The van der Waals surface area contributed by atoms with Crippen molar-refractivity contribution in [3.63, 3.8) is 0 Å². The van der Waals surface area contributed by atoms with Gasteiger partial charge >= 0.3 is 0 Å². The van der Waals surface area contributed by atoms with Gasteiger partial charge in [0, 0.05) is 45.3 Å². The summed E-state index contributed by atoms with van der Waals surface area (Å²) in [6.07, 6.45) is 2.81. The van der Waals surface area contributed by atoms with Crippen LogP contribution in [0.25, 0.3) is 6.08 Å². The van der Waals surface area contributed by atoms with Gasteiger partial charge in [0.1, 0.15) is 17.2 Å². The van der Waals surface area contributed by atoms with E-state index in [-0.39, 0.29) is 11.8 Å². The second-order valence-electron chi connectivity index (χ2n) is 10.2. The summed E-state index contributed by atoms with van der Waals surface area (Å²) in [6.45, 7) is 7.63. The molecule has 0 aromatic heterocycles. The average molecular weight is 603 g/mol. The normalized spacial score (nSPS) is 17.1. The number of nitrogens with zero attached hydrogens (tertiary/aromatic N) is 3. The van der Waals surface area contributed by atoms with Gasteiger partial charge < -0.3 is 24.6 Å². The Kier molecular flexibility index (Phi) is 9.91. The number of thioether (sulfide) groups is 1. The Morgan fingerprint density at radius 3 is 2.19 bits per heavy atom. The van der Waals surface area contributed by atoms with Gasteiger partial charge in [-0.25, -0.2) is 0 Å². The number of hydrogen-bond acceptors (Lipinski definition) is 8. The maximum absolute atomic E-state index is 13.2. The Labute approximate surface area is 256 Å². The number of rotatable bonds is 10. The van der Waals surface area contributed by atoms with Crippen LogP contribution in [0.15, 0.2) is 77.7 Å². The molecule has 2 amide bonds. The Morgan fingerprint density at radius 1 is 0.929 bits per heavy atom. The summed E-state index contributed by atoms with van der Waals surface area (Å²) in [5, 5.41) is 2.73. The number of likely N-dealkylation sites (N-methyl/N-ethyl adjacent to an activating group) is 1. The zero-order valence-corrected chi connectivity index (χ0v) is 25.4. The topological polar surface area (TPSA) is 74.3 Å². The van der Waals surface area contributed by atoms with E-state index in [1.165, 1.54) is 18.7 Å². The summed E-state index contributed by atoms with van der Waals surface area (Å²) >= 11 is 6.84. The summed E-state index contributed by atoms with van der Waals surface area (Å²) in [6, 6.07) is 22.1. The van der Waals surface area contributed by atoms with Gasteiger partial charge in [0.2, 0.25) is 5.91 Å². The first-order valence-electron chi connectivity index (χ1n) is 13.9. The van der Waals surface area contributed by atoms with Crippen molar-refractivity contribution in [1.82, 2.24) is 9.80 Å². The summed E-state index contributed by atoms with van der Waals surface area (Å²) in [7, 11) is 2.16. The van der Waals surface area contributed by atoms with Crippen LogP contribution in [0.1, 0.15) is 18.9 Å². The van der Waals surface area contributed by atoms with Crippen LogP contribution in [-0.2, 0) is 9.59 Å². The molecule has 2 fully saturated rings. The molecule has 2 aliphatic heterocycles. The largest absolute Gasteiger partial charge is 0.494 e. The molecule has 5 rings (SSSR count). The number of hydrogen-bond donors (Lipinski definition) is 1. The Hall–Kier alpha value is -3.70. The van der Waals surface area contributed by atoms with Crippen molar-refractivity contribution >= 4 is 57.6 Å². The molecule has 42 heavy (non-hydrogen) atoms. The molecule has 1 N–H and O–H groups in total. The molecular weight excluding hydrogens is 569 g/mol. The number of carbonyl (C=O) groups is 2. The molecule has 0 aliphatic carbocycles. The standard InChI is InChI=1S/C32H34N4O4S2/c1-23(37)33-25-6-12-29(13-7-25)40-28-10-4-24(5-11-28)22-30-31(38)36(32(41)42-30)26-8-14-27(15-9-26)39-21-3-16-35-19-17-34(2)18-20-35/h4-15,22H,3,16-21H2,1-2H3,(H,33,37)/b30-22-. The fourth-order valence-electron chi connectivity index (χ4n) is 4.66. The van der Waals surface area contributed by atoms with Gasteiger partial charge in [-0.05, 0) is 85.8 Å². The van der Waals surface area contributed by atoms with Crippen LogP contribution < -0.4 is 19.7 Å². The minimum absolute atomic E-state index is 0.123. The van der Waals surface area contributed by atoms with Crippen LogP contribution >= 0.6 is 24.0 Å². The highest BCUT2D eigenvalue weighted by molar-refractivity contribution is 8.27. The monoisotopic (exact) mass is 602 g/mol. The van der Waals surface area contributed by atoms with Crippen molar-refractivity contribution in [3.8, 4) is 17.2 Å². The van der Waals surface area contributed by atoms with Crippen LogP contribution in [0.2, 0.25) is 0 Å².